The Labute approximate surface area is 175 Å². The van der Waals surface area contributed by atoms with E-state index in [1.165, 1.54) is 0 Å². The first kappa shape index (κ1) is 19.5. The van der Waals surface area contributed by atoms with Gasteiger partial charge in [0.05, 0.1) is 6.10 Å². The third kappa shape index (κ3) is 2.62. The first-order chi connectivity index (χ1) is 14.3. The average molecular weight is 409 g/mol. The number of ketones is 2. The van der Waals surface area contributed by atoms with Crippen molar-refractivity contribution in [1.82, 2.24) is 5.32 Å². The summed E-state index contributed by atoms with van der Waals surface area (Å²) >= 11 is 0. The van der Waals surface area contributed by atoms with E-state index in [9.17, 15) is 19.2 Å². The third-order valence-corrected chi connectivity index (χ3v) is 8.20. The number of piperidine rings is 1. The van der Waals surface area contributed by atoms with Crippen LogP contribution in [0.3, 0.4) is 0 Å². The molecule has 4 aliphatic rings. The van der Waals surface area contributed by atoms with Crippen LogP contribution in [0, 0.1) is 22.7 Å². The molecule has 1 saturated heterocycles. The van der Waals surface area contributed by atoms with Crippen molar-refractivity contribution in [2.75, 3.05) is 0 Å². The Hall–Kier alpha value is -2.50. The summed E-state index contributed by atoms with van der Waals surface area (Å²) in [5.41, 5.74) is 0.121. The number of hydrogen-bond acceptors (Lipinski definition) is 5. The lowest BCUT2D eigenvalue weighted by atomic mass is 9.63. The molecule has 0 aromatic heterocycles. The van der Waals surface area contributed by atoms with Crippen molar-refractivity contribution in [1.29, 1.82) is 0 Å². The van der Waals surface area contributed by atoms with E-state index in [2.05, 4.69) is 19.2 Å². The lowest BCUT2D eigenvalue weighted by molar-refractivity contribution is -0.137. The molecular weight excluding hydrogens is 382 g/mol. The monoisotopic (exact) mass is 409 g/mol. The van der Waals surface area contributed by atoms with Crippen molar-refractivity contribution in [3.05, 3.63) is 29.3 Å². The number of carbonyl (C=O) groups is 4. The van der Waals surface area contributed by atoms with E-state index in [0.717, 1.165) is 25.7 Å². The predicted octanol–water partition coefficient (Wildman–Crippen LogP) is 3.47. The Balaban J connectivity index is 1.33. The molecule has 3 fully saturated rings. The summed E-state index contributed by atoms with van der Waals surface area (Å²) in [4.78, 5) is 50.1. The molecule has 0 radical (unpaired) electrons. The Morgan fingerprint density at radius 1 is 1.00 bits per heavy atom. The molecule has 2 saturated carbocycles. The van der Waals surface area contributed by atoms with Crippen LogP contribution in [0.15, 0.2) is 18.2 Å². The molecular formula is C24H27NO5. The van der Waals surface area contributed by atoms with Crippen molar-refractivity contribution in [3.8, 4) is 5.75 Å². The lowest BCUT2D eigenvalue weighted by Crippen LogP contribution is -2.43. The van der Waals surface area contributed by atoms with Crippen LogP contribution in [0.5, 0.6) is 5.75 Å². The second-order valence-electron chi connectivity index (χ2n) is 9.56. The minimum Gasteiger partial charge on any atom is -0.490 e. The van der Waals surface area contributed by atoms with Gasteiger partial charge in [-0.15, -0.1) is 0 Å². The first-order valence-corrected chi connectivity index (χ1v) is 11.1. The van der Waals surface area contributed by atoms with Gasteiger partial charge in [0.15, 0.2) is 11.6 Å². The number of carbonyl (C=O) groups excluding carboxylic acids is 4. The van der Waals surface area contributed by atoms with Crippen LogP contribution in [-0.2, 0) is 9.59 Å². The molecule has 6 heteroatoms. The zero-order valence-corrected chi connectivity index (χ0v) is 17.5. The smallest absolute Gasteiger partial charge is 0.230 e. The topological polar surface area (TPSA) is 89.5 Å². The maximum absolute atomic E-state index is 13.3. The molecule has 3 unspecified atom stereocenters. The number of hydrogen-bond donors (Lipinski definition) is 1. The molecule has 2 amide bonds. The van der Waals surface area contributed by atoms with Gasteiger partial charge in [0.2, 0.25) is 11.8 Å². The normalized spacial score (nSPS) is 32.1. The molecule has 30 heavy (non-hydrogen) atoms. The summed E-state index contributed by atoms with van der Waals surface area (Å²) in [6.45, 7) is 4.43. The van der Waals surface area contributed by atoms with Gasteiger partial charge in [-0.2, -0.15) is 0 Å². The second-order valence-corrected chi connectivity index (χ2v) is 9.56. The number of amides is 2. The molecule has 1 N–H and O–H groups in total. The Morgan fingerprint density at radius 3 is 2.37 bits per heavy atom. The largest absolute Gasteiger partial charge is 0.490 e. The van der Waals surface area contributed by atoms with Gasteiger partial charge < -0.3 is 4.74 Å². The Morgan fingerprint density at radius 2 is 1.70 bits per heavy atom. The average Bonchev–Trinajstić information content (AvgIpc) is 3.41. The minimum absolute atomic E-state index is 0.154. The van der Waals surface area contributed by atoms with Gasteiger partial charge >= 0.3 is 0 Å². The standard InChI is InChI=1S/C24H27NO5/c1-3-23(4-2)10-14(11-23)30-13-5-6-15-17(9-13)21(28)24(20(15)27)12-18(24)16-7-8-19(26)25-22(16)29/h5-6,9,14,16,18H,3-4,7-8,10-12H2,1-2H3,(H,25,26,29). The molecule has 1 aromatic carbocycles. The van der Waals surface area contributed by atoms with Gasteiger partial charge in [-0.1, -0.05) is 26.7 Å². The van der Waals surface area contributed by atoms with Crippen LogP contribution in [0.4, 0.5) is 0 Å². The number of benzene rings is 1. The minimum atomic E-state index is -1.11. The summed E-state index contributed by atoms with van der Waals surface area (Å²) in [6, 6.07) is 5.19. The highest BCUT2D eigenvalue weighted by Gasteiger charge is 2.71. The molecule has 1 aromatic rings. The molecule has 3 aliphatic carbocycles. The van der Waals surface area contributed by atoms with Gasteiger partial charge in [0, 0.05) is 23.5 Å². The first-order valence-electron chi connectivity index (χ1n) is 11.1. The summed E-state index contributed by atoms with van der Waals surface area (Å²) in [6.07, 6.45) is 5.53. The maximum Gasteiger partial charge on any atom is 0.230 e. The van der Waals surface area contributed by atoms with Crippen LogP contribution < -0.4 is 10.1 Å². The second kappa shape index (κ2) is 6.50. The quantitative estimate of drug-likeness (QED) is 0.594. The van der Waals surface area contributed by atoms with Crippen LogP contribution in [0.1, 0.15) is 79.5 Å². The van der Waals surface area contributed by atoms with Crippen molar-refractivity contribution >= 4 is 23.4 Å². The zero-order valence-electron chi connectivity index (χ0n) is 17.5. The lowest BCUT2D eigenvalue weighted by Gasteiger charge is -2.46. The van der Waals surface area contributed by atoms with Crippen molar-refractivity contribution in [2.24, 2.45) is 22.7 Å². The van der Waals surface area contributed by atoms with Gasteiger partial charge in [0.1, 0.15) is 11.2 Å². The summed E-state index contributed by atoms with van der Waals surface area (Å²) < 4.78 is 6.11. The maximum atomic E-state index is 13.3. The molecule has 3 atom stereocenters. The highest BCUT2D eigenvalue weighted by atomic mass is 16.5. The van der Waals surface area contributed by atoms with Crippen LogP contribution >= 0.6 is 0 Å². The van der Waals surface area contributed by atoms with E-state index in [1.807, 2.05) is 0 Å². The summed E-state index contributed by atoms with van der Waals surface area (Å²) in [5, 5.41) is 2.35. The van der Waals surface area contributed by atoms with Gasteiger partial charge in [-0.3, -0.25) is 24.5 Å². The van der Waals surface area contributed by atoms with Crippen LogP contribution in [0.25, 0.3) is 0 Å². The molecule has 158 valence electrons. The van der Waals surface area contributed by atoms with Gasteiger partial charge in [-0.25, -0.2) is 0 Å². The van der Waals surface area contributed by atoms with E-state index in [1.54, 1.807) is 18.2 Å². The SMILES string of the molecule is CCC1(CC)CC(Oc2ccc3c(c2)C(=O)C2(CC2C2CCC(=O)NC2=O)C3=O)C1. The third-order valence-electron chi connectivity index (χ3n) is 8.20. The highest BCUT2D eigenvalue weighted by molar-refractivity contribution is 6.32. The zero-order chi connectivity index (χ0) is 21.3. The number of imide groups is 1. The Kier molecular flexibility index (Phi) is 4.21. The van der Waals surface area contributed by atoms with E-state index >= 15 is 0 Å². The molecule has 1 spiro atoms. The number of nitrogens with one attached hydrogen (secondary N) is 1. The number of fused-ring (bicyclic) bond motifs is 1. The van der Waals surface area contributed by atoms with Crippen LogP contribution in [-0.4, -0.2) is 29.5 Å². The number of rotatable bonds is 5. The molecule has 1 heterocycles. The summed E-state index contributed by atoms with van der Waals surface area (Å²) in [7, 11) is 0. The molecule has 0 bridgehead atoms. The molecule has 6 nitrogen and oxygen atoms in total. The number of ether oxygens (including phenoxy) is 1. The van der Waals surface area contributed by atoms with E-state index in [4.69, 9.17) is 4.74 Å². The van der Waals surface area contributed by atoms with E-state index < -0.39 is 11.3 Å². The molecule has 1 aliphatic heterocycles. The fourth-order valence-electron chi connectivity index (χ4n) is 5.97. The van der Waals surface area contributed by atoms with Gasteiger partial charge in [0.25, 0.3) is 0 Å². The van der Waals surface area contributed by atoms with Gasteiger partial charge in [-0.05, 0) is 55.2 Å². The predicted molar refractivity (Wildman–Crippen MR) is 108 cm³/mol. The van der Waals surface area contributed by atoms with Crippen molar-refractivity contribution in [3.63, 3.8) is 0 Å². The fourth-order valence-corrected chi connectivity index (χ4v) is 5.97. The van der Waals surface area contributed by atoms with Crippen molar-refractivity contribution in [2.45, 2.75) is 64.9 Å². The Bertz CT molecular complexity index is 970. The van der Waals surface area contributed by atoms with E-state index in [-0.39, 0.29) is 41.8 Å². The summed E-state index contributed by atoms with van der Waals surface area (Å²) in [5.74, 6) is -1.14. The highest BCUT2D eigenvalue weighted by Crippen LogP contribution is 2.64. The fraction of sp³-hybridized carbons (Fsp3) is 0.583. The number of Topliss-reactive ketones (excluding diaryl/α,β-unsaturated/α-hetero) is 2. The van der Waals surface area contributed by atoms with Crippen molar-refractivity contribution < 1.29 is 23.9 Å². The van der Waals surface area contributed by atoms with E-state index in [0.29, 0.717) is 35.1 Å². The van der Waals surface area contributed by atoms with Crippen LogP contribution in [0.2, 0.25) is 0 Å². The molecule has 5 rings (SSSR count).